The average Bonchev–Trinajstić information content (AvgIpc) is 2.67. The molecule has 2 rings (SSSR count). The Bertz CT molecular complexity index is 645. The van der Waals surface area contributed by atoms with E-state index < -0.39 is 0 Å². The van der Waals surface area contributed by atoms with E-state index in [0.29, 0.717) is 24.5 Å². The van der Waals surface area contributed by atoms with Crippen molar-refractivity contribution in [1.82, 2.24) is 14.9 Å². The second kappa shape index (κ2) is 5.88. The van der Waals surface area contributed by atoms with Crippen molar-refractivity contribution in [2.75, 3.05) is 13.2 Å². The van der Waals surface area contributed by atoms with E-state index in [4.69, 9.17) is 17.0 Å². The molecular formula is C13H17N3O2S. The third-order valence-electron chi connectivity index (χ3n) is 2.78. The zero-order chi connectivity index (χ0) is 13.8. The normalized spacial score (nSPS) is 10.6. The van der Waals surface area contributed by atoms with Gasteiger partial charge in [0, 0.05) is 20.0 Å². The number of fused-ring (bicyclic) bond motifs is 1. The fourth-order valence-electron chi connectivity index (χ4n) is 2.00. The van der Waals surface area contributed by atoms with Gasteiger partial charge in [-0.1, -0.05) is 6.07 Å². The van der Waals surface area contributed by atoms with E-state index in [0.717, 1.165) is 16.8 Å². The summed E-state index contributed by atoms with van der Waals surface area (Å²) in [6.45, 7) is 5.24. The van der Waals surface area contributed by atoms with Crippen molar-refractivity contribution < 1.29 is 9.53 Å². The lowest BCUT2D eigenvalue weighted by Crippen LogP contribution is -2.24. The molecule has 1 amide bonds. The number of aromatic nitrogens is 2. The van der Waals surface area contributed by atoms with E-state index in [9.17, 15) is 4.79 Å². The molecule has 102 valence electrons. The molecule has 0 unspecified atom stereocenters. The van der Waals surface area contributed by atoms with Crippen LogP contribution in [-0.2, 0) is 11.3 Å². The monoisotopic (exact) mass is 279 g/mol. The molecule has 0 radical (unpaired) electrons. The summed E-state index contributed by atoms with van der Waals surface area (Å²) < 4.78 is 8.16. The van der Waals surface area contributed by atoms with Crippen molar-refractivity contribution in [1.29, 1.82) is 0 Å². The van der Waals surface area contributed by atoms with Crippen molar-refractivity contribution in [2.24, 2.45) is 0 Å². The maximum atomic E-state index is 10.9. The van der Waals surface area contributed by atoms with Crippen LogP contribution in [0.5, 0.6) is 5.75 Å². The van der Waals surface area contributed by atoms with Crippen LogP contribution in [0.1, 0.15) is 13.8 Å². The van der Waals surface area contributed by atoms with Gasteiger partial charge in [-0.2, -0.15) is 0 Å². The first kappa shape index (κ1) is 13.6. The van der Waals surface area contributed by atoms with Crippen LogP contribution >= 0.6 is 12.2 Å². The molecule has 0 aliphatic heterocycles. The number of carbonyl (C=O) groups excluding carboxylic acids is 1. The number of carbonyl (C=O) groups is 1. The van der Waals surface area contributed by atoms with Crippen LogP contribution in [0, 0.1) is 4.77 Å². The molecule has 0 aliphatic carbocycles. The third kappa shape index (κ3) is 2.96. The summed E-state index contributed by atoms with van der Waals surface area (Å²) in [7, 11) is 0. The van der Waals surface area contributed by atoms with Crippen LogP contribution in [-0.4, -0.2) is 28.6 Å². The van der Waals surface area contributed by atoms with Crippen molar-refractivity contribution in [3.05, 3.63) is 23.0 Å². The van der Waals surface area contributed by atoms with Gasteiger partial charge in [0.05, 0.1) is 12.1 Å². The average molecular weight is 279 g/mol. The number of para-hydroxylation sites is 1. The van der Waals surface area contributed by atoms with Crippen molar-refractivity contribution >= 4 is 29.2 Å². The highest BCUT2D eigenvalue weighted by atomic mass is 32.1. The van der Waals surface area contributed by atoms with Crippen LogP contribution in [0.25, 0.3) is 11.0 Å². The minimum Gasteiger partial charge on any atom is -0.492 e. The molecule has 1 heterocycles. The minimum absolute atomic E-state index is 0.0404. The SMILES string of the molecule is CCOc1cccc2c1[nH]c(=S)n2CCNC(C)=O. The molecule has 0 bridgehead atoms. The summed E-state index contributed by atoms with van der Waals surface area (Å²) in [4.78, 5) is 14.0. The molecule has 2 aromatic rings. The van der Waals surface area contributed by atoms with Gasteiger partial charge in [-0.05, 0) is 31.3 Å². The molecule has 1 aromatic heterocycles. The molecule has 2 N–H and O–H groups in total. The quantitative estimate of drug-likeness (QED) is 0.825. The van der Waals surface area contributed by atoms with Crippen molar-refractivity contribution in [2.45, 2.75) is 20.4 Å². The highest BCUT2D eigenvalue weighted by Gasteiger charge is 2.08. The molecule has 0 saturated carbocycles. The number of imidazole rings is 1. The lowest BCUT2D eigenvalue weighted by molar-refractivity contribution is -0.118. The maximum Gasteiger partial charge on any atom is 0.216 e. The Morgan fingerprint density at radius 3 is 3.00 bits per heavy atom. The van der Waals surface area contributed by atoms with Gasteiger partial charge in [0.2, 0.25) is 5.91 Å². The van der Waals surface area contributed by atoms with Crippen LogP contribution in [0.4, 0.5) is 0 Å². The van der Waals surface area contributed by atoms with Crippen LogP contribution < -0.4 is 10.1 Å². The lowest BCUT2D eigenvalue weighted by atomic mass is 10.3. The standard InChI is InChI=1S/C13H17N3O2S/c1-3-18-11-6-4-5-10-12(11)15-13(19)16(10)8-7-14-9(2)17/h4-6H,3,7-8H2,1-2H3,(H,14,17)(H,15,19). The first-order chi connectivity index (χ1) is 9.13. The fraction of sp³-hybridized carbons (Fsp3) is 0.385. The number of amides is 1. The molecule has 0 aliphatic rings. The van der Waals surface area contributed by atoms with Gasteiger partial charge >= 0.3 is 0 Å². The van der Waals surface area contributed by atoms with Gasteiger partial charge in [0.1, 0.15) is 11.3 Å². The fourth-order valence-corrected chi connectivity index (χ4v) is 2.29. The highest BCUT2D eigenvalue weighted by molar-refractivity contribution is 7.71. The van der Waals surface area contributed by atoms with Gasteiger partial charge in [-0.25, -0.2) is 0 Å². The molecule has 0 fully saturated rings. The second-order valence-electron chi connectivity index (χ2n) is 4.15. The molecule has 1 aromatic carbocycles. The Balaban J connectivity index is 2.34. The number of hydrogen-bond donors (Lipinski definition) is 2. The number of rotatable bonds is 5. The zero-order valence-electron chi connectivity index (χ0n) is 11.0. The van der Waals surface area contributed by atoms with E-state index in [1.165, 1.54) is 6.92 Å². The molecule has 6 heteroatoms. The molecule has 19 heavy (non-hydrogen) atoms. The summed E-state index contributed by atoms with van der Waals surface area (Å²) in [5.41, 5.74) is 1.89. The van der Waals surface area contributed by atoms with Gasteiger partial charge < -0.3 is 19.6 Å². The highest BCUT2D eigenvalue weighted by Crippen LogP contribution is 2.24. The topological polar surface area (TPSA) is 59.0 Å². The second-order valence-corrected chi connectivity index (χ2v) is 4.53. The summed E-state index contributed by atoms with van der Waals surface area (Å²) in [6.07, 6.45) is 0. The number of H-pyrrole nitrogens is 1. The molecule has 5 nitrogen and oxygen atoms in total. The Morgan fingerprint density at radius 2 is 2.32 bits per heavy atom. The first-order valence-electron chi connectivity index (χ1n) is 6.22. The van der Waals surface area contributed by atoms with E-state index in [-0.39, 0.29) is 5.91 Å². The van der Waals surface area contributed by atoms with E-state index >= 15 is 0 Å². The van der Waals surface area contributed by atoms with Crippen molar-refractivity contribution in [3.63, 3.8) is 0 Å². The smallest absolute Gasteiger partial charge is 0.216 e. The number of benzene rings is 1. The zero-order valence-corrected chi connectivity index (χ0v) is 11.8. The molecule has 0 spiro atoms. The predicted octanol–water partition coefficient (Wildman–Crippen LogP) is 2.23. The lowest BCUT2D eigenvalue weighted by Gasteiger charge is -2.06. The van der Waals surface area contributed by atoms with E-state index in [2.05, 4.69) is 10.3 Å². The largest absolute Gasteiger partial charge is 0.492 e. The third-order valence-corrected chi connectivity index (χ3v) is 3.10. The minimum atomic E-state index is -0.0404. The maximum absolute atomic E-state index is 10.9. The molecule has 0 saturated heterocycles. The van der Waals surface area contributed by atoms with Crippen molar-refractivity contribution in [3.8, 4) is 5.75 Å². The Morgan fingerprint density at radius 1 is 1.53 bits per heavy atom. The number of nitrogens with zero attached hydrogens (tertiary/aromatic N) is 1. The van der Waals surface area contributed by atoms with Crippen LogP contribution in [0.2, 0.25) is 0 Å². The first-order valence-corrected chi connectivity index (χ1v) is 6.63. The van der Waals surface area contributed by atoms with Crippen LogP contribution in [0.3, 0.4) is 0 Å². The number of ether oxygens (including phenoxy) is 1. The Kier molecular flexibility index (Phi) is 4.21. The van der Waals surface area contributed by atoms with Gasteiger partial charge in [-0.15, -0.1) is 0 Å². The summed E-state index contributed by atoms with van der Waals surface area (Å²) in [5.74, 6) is 0.755. The number of nitrogens with one attached hydrogen (secondary N) is 2. The van der Waals surface area contributed by atoms with Gasteiger partial charge in [0.25, 0.3) is 0 Å². The number of hydrogen-bond acceptors (Lipinski definition) is 3. The summed E-state index contributed by atoms with van der Waals surface area (Å²) >= 11 is 5.31. The van der Waals surface area contributed by atoms with Gasteiger partial charge in [0.15, 0.2) is 4.77 Å². The van der Waals surface area contributed by atoms with E-state index in [1.807, 2.05) is 29.7 Å². The summed E-state index contributed by atoms with van der Waals surface area (Å²) in [6, 6.07) is 5.83. The van der Waals surface area contributed by atoms with Crippen LogP contribution in [0.15, 0.2) is 18.2 Å². The van der Waals surface area contributed by atoms with Gasteiger partial charge in [-0.3, -0.25) is 4.79 Å². The van der Waals surface area contributed by atoms with E-state index in [1.54, 1.807) is 0 Å². The molecule has 0 atom stereocenters. The Labute approximate surface area is 116 Å². The molecular weight excluding hydrogens is 262 g/mol. The summed E-state index contributed by atoms with van der Waals surface area (Å²) in [5, 5.41) is 2.76. The Hall–Kier alpha value is -1.82. The predicted molar refractivity (Wildman–Crippen MR) is 77.0 cm³/mol. The number of aromatic amines is 1.